The summed E-state index contributed by atoms with van der Waals surface area (Å²) in [4.78, 5) is 16.2. The highest BCUT2D eigenvalue weighted by atomic mass is 19.1. The van der Waals surface area contributed by atoms with Crippen LogP contribution in [-0.4, -0.2) is 34.2 Å². The van der Waals surface area contributed by atoms with E-state index in [2.05, 4.69) is 4.98 Å². The van der Waals surface area contributed by atoms with Crippen LogP contribution in [0, 0.1) is 15.9 Å². The summed E-state index contributed by atoms with van der Waals surface area (Å²) in [5.41, 5.74) is 0.185. The predicted molar refractivity (Wildman–Crippen MR) is 71.2 cm³/mol. The molecule has 0 saturated carbocycles. The molecule has 2 aromatic rings. The molecule has 0 aliphatic carbocycles. The summed E-state index contributed by atoms with van der Waals surface area (Å²) < 4.78 is 14.3. The molecule has 0 radical (unpaired) electrons. The summed E-state index contributed by atoms with van der Waals surface area (Å²) in [6.07, 6.45) is 1.51. The second-order valence-corrected chi connectivity index (χ2v) is 4.77. The molecule has 1 fully saturated rings. The Morgan fingerprint density at radius 3 is 3.00 bits per heavy atom. The van der Waals surface area contributed by atoms with Gasteiger partial charge in [-0.3, -0.25) is 15.1 Å². The molecule has 0 bridgehead atoms. The number of non-ortho nitro benzene ring substituents is 1. The molecule has 7 heteroatoms. The molecule has 1 aromatic carbocycles. The second kappa shape index (κ2) is 4.68. The van der Waals surface area contributed by atoms with Gasteiger partial charge in [-0.2, -0.15) is 0 Å². The monoisotopic (exact) mass is 277 g/mol. The molecular formula is C13H12FN3O3. The number of nitro benzene ring substituents is 1. The van der Waals surface area contributed by atoms with E-state index in [1.807, 2.05) is 0 Å². The standard InChI is InChI=1S/C13H12FN3O3/c14-10-6-11(17(19)20)9-2-1-4-15-12(9)13(10)16-5-3-8(18)7-16/h1-2,4,6,8,18H,3,5,7H2/t8-/m1/s1. The van der Waals surface area contributed by atoms with E-state index in [-0.39, 0.29) is 16.9 Å². The van der Waals surface area contributed by atoms with Crippen molar-refractivity contribution in [2.24, 2.45) is 0 Å². The van der Waals surface area contributed by atoms with Gasteiger partial charge in [-0.25, -0.2) is 4.39 Å². The van der Waals surface area contributed by atoms with Gasteiger partial charge < -0.3 is 10.0 Å². The number of fused-ring (bicyclic) bond motifs is 1. The van der Waals surface area contributed by atoms with Gasteiger partial charge in [-0.15, -0.1) is 0 Å². The number of pyridine rings is 1. The van der Waals surface area contributed by atoms with E-state index >= 15 is 0 Å². The zero-order valence-corrected chi connectivity index (χ0v) is 10.5. The summed E-state index contributed by atoms with van der Waals surface area (Å²) in [6.45, 7) is 0.808. The van der Waals surface area contributed by atoms with Gasteiger partial charge in [0.15, 0.2) is 5.82 Å². The number of nitro groups is 1. The lowest BCUT2D eigenvalue weighted by Crippen LogP contribution is -2.23. The summed E-state index contributed by atoms with van der Waals surface area (Å²) in [7, 11) is 0. The van der Waals surface area contributed by atoms with Crippen LogP contribution in [-0.2, 0) is 0 Å². The molecule has 1 aliphatic rings. The third kappa shape index (κ3) is 1.96. The molecule has 2 heterocycles. The number of anilines is 1. The van der Waals surface area contributed by atoms with Crippen molar-refractivity contribution in [1.29, 1.82) is 0 Å². The molecule has 1 atom stereocenters. The third-order valence-corrected chi connectivity index (χ3v) is 3.47. The summed E-state index contributed by atoms with van der Waals surface area (Å²) in [6, 6.07) is 4.05. The first kappa shape index (κ1) is 12.7. The second-order valence-electron chi connectivity index (χ2n) is 4.77. The van der Waals surface area contributed by atoms with Gasteiger partial charge in [-0.05, 0) is 18.6 Å². The maximum Gasteiger partial charge on any atom is 0.281 e. The van der Waals surface area contributed by atoms with E-state index in [9.17, 15) is 19.6 Å². The number of nitrogens with zero attached hydrogens (tertiary/aromatic N) is 3. The fourth-order valence-corrected chi connectivity index (χ4v) is 2.58. The number of aromatic nitrogens is 1. The normalized spacial score (nSPS) is 18.7. The first-order valence-corrected chi connectivity index (χ1v) is 6.22. The average molecular weight is 277 g/mol. The minimum absolute atomic E-state index is 0.225. The van der Waals surface area contributed by atoms with Gasteiger partial charge in [0, 0.05) is 19.3 Å². The quantitative estimate of drug-likeness (QED) is 0.669. The molecule has 6 nitrogen and oxygen atoms in total. The van der Waals surface area contributed by atoms with Gasteiger partial charge in [0.2, 0.25) is 0 Å². The molecule has 1 N–H and O–H groups in total. The minimum Gasteiger partial charge on any atom is -0.391 e. The fourth-order valence-electron chi connectivity index (χ4n) is 2.58. The van der Waals surface area contributed by atoms with Crippen LogP contribution in [0.1, 0.15) is 6.42 Å². The number of rotatable bonds is 2. The first-order chi connectivity index (χ1) is 9.58. The summed E-state index contributed by atoms with van der Waals surface area (Å²) in [5, 5.41) is 20.9. The van der Waals surface area contributed by atoms with Crippen molar-refractivity contribution >= 4 is 22.3 Å². The Bertz CT molecular complexity index is 692. The van der Waals surface area contributed by atoms with Crippen molar-refractivity contribution in [2.75, 3.05) is 18.0 Å². The molecule has 0 amide bonds. The molecule has 20 heavy (non-hydrogen) atoms. The van der Waals surface area contributed by atoms with Gasteiger partial charge in [0.1, 0.15) is 11.2 Å². The first-order valence-electron chi connectivity index (χ1n) is 6.22. The van der Waals surface area contributed by atoms with Crippen molar-refractivity contribution in [3.8, 4) is 0 Å². The number of benzene rings is 1. The molecule has 0 spiro atoms. The third-order valence-electron chi connectivity index (χ3n) is 3.47. The van der Waals surface area contributed by atoms with E-state index in [1.54, 1.807) is 17.0 Å². The Morgan fingerprint density at radius 1 is 1.55 bits per heavy atom. The Hall–Kier alpha value is -2.28. The SMILES string of the molecule is O=[N+]([O-])c1cc(F)c(N2CC[C@@H](O)C2)c2ncccc12. The number of hydrogen-bond acceptors (Lipinski definition) is 5. The molecule has 0 unspecified atom stereocenters. The van der Waals surface area contributed by atoms with Gasteiger partial charge in [0.05, 0.1) is 22.5 Å². The average Bonchev–Trinajstić information content (AvgIpc) is 2.83. The van der Waals surface area contributed by atoms with Crippen LogP contribution in [0.15, 0.2) is 24.4 Å². The van der Waals surface area contributed by atoms with Crippen LogP contribution in [0.5, 0.6) is 0 Å². The Kier molecular flexibility index (Phi) is 2.98. The summed E-state index contributed by atoms with van der Waals surface area (Å²) in [5.74, 6) is -0.683. The van der Waals surface area contributed by atoms with E-state index in [0.29, 0.717) is 24.9 Å². The Labute approximate surface area is 113 Å². The van der Waals surface area contributed by atoms with Gasteiger partial charge in [0.25, 0.3) is 5.69 Å². The van der Waals surface area contributed by atoms with Crippen molar-refractivity contribution in [2.45, 2.75) is 12.5 Å². The highest BCUT2D eigenvalue weighted by Crippen LogP contribution is 2.36. The highest BCUT2D eigenvalue weighted by Gasteiger charge is 2.28. The highest BCUT2D eigenvalue weighted by molar-refractivity contribution is 5.97. The van der Waals surface area contributed by atoms with Gasteiger partial charge in [-0.1, -0.05) is 0 Å². The van der Waals surface area contributed by atoms with Crippen LogP contribution in [0.2, 0.25) is 0 Å². The number of halogens is 1. The lowest BCUT2D eigenvalue weighted by atomic mass is 10.1. The number of β-amino-alcohol motifs (C(OH)–C–C–N with tert-alkyl or cyclic N) is 1. The van der Waals surface area contributed by atoms with E-state index in [4.69, 9.17) is 0 Å². The Morgan fingerprint density at radius 2 is 2.35 bits per heavy atom. The van der Waals surface area contributed by atoms with Crippen LogP contribution in [0.4, 0.5) is 15.8 Å². The van der Waals surface area contributed by atoms with Crippen LogP contribution in [0.25, 0.3) is 10.9 Å². The van der Waals surface area contributed by atoms with Crippen molar-refractivity contribution in [3.63, 3.8) is 0 Å². The summed E-state index contributed by atoms with van der Waals surface area (Å²) >= 11 is 0. The van der Waals surface area contributed by atoms with Crippen molar-refractivity contribution < 1.29 is 14.4 Å². The number of aliphatic hydroxyl groups is 1. The molecule has 104 valence electrons. The number of aliphatic hydroxyl groups excluding tert-OH is 1. The van der Waals surface area contributed by atoms with Crippen molar-refractivity contribution in [1.82, 2.24) is 4.98 Å². The topological polar surface area (TPSA) is 79.5 Å². The van der Waals surface area contributed by atoms with Crippen LogP contribution < -0.4 is 4.90 Å². The Balaban J connectivity index is 2.25. The van der Waals surface area contributed by atoms with E-state index in [1.165, 1.54) is 6.20 Å². The molecular weight excluding hydrogens is 265 g/mol. The zero-order chi connectivity index (χ0) is 14.3. The molecule has 1 aromatic heterocycles. The zero-order valence-electron chi connectivity index (χ0n) is 10.5. The van der Waals surface area contributed by atoms with E-state index in [0.717, 1.165) is 6.07 Å². The maximum atomic E-state index is 14.3. The largest absolute Gasteiger partial charge is 0.391 e. The van der Waals surface area contributed by atoms with Crippen LogP contribution >= 0.6 is 0 Å². The van der Waals surface area contributed by atoms with Crippen molar-refractivity contribution in [3.05, 3.63) is 40.3 Å². The number of hydrogen-bond donors (Lipinski definition) is 1. The smallest absolute Gasteiger partial charge is 0.281 e. The fraction of sp³-hybridized carbons (Fsp3) is 0.308. The lowest BCUT2D eigenvalue weighted by Gasteiger charge is -2.20. The lowest BCUT2D eigenvalue weighted by molar-refractivity contribution is -0.383. The van der Waals surface area contributed by atoms with Gasteiger partial charge >= 0.3 is 0 Å². The maximum absolute atomic E-state index is 14.3. The predicted octanol–water partition coefficient (Wildman–Crippen LogP) is 1.85. The van der Waals surface area contributed by atoms with Crippen LogP contribution in [0.3, 0.4) is 0 Å². The molecule has 1 aliphatic heterocycles. The van der Waals surface area contributed by atoms with E-state index < -0.39 is 16.8 Å². The molecule has 3 rings (SSSR count). The minimum atomic E-state index is -0.683. The molecule has 1 saturated heterocycles.